The molecule has 1 aromatic rings. The lowest BCUT2D eigenvalue weighted by molar-refractivity contribution is -0.132. The summed E-state index contributed by atoms with van der Waals surface area (Å²) in [6, 6.07) is 8.37. The van der Waals surface area contributed by atoms with Crippen molar-refractivity contribution in [1.29, 1.82) is 0 Å². The number of carbonyl (C=O) groups is 1. The molecule has 1 aromatic carbocycles. The van der Waals surface area contributed by atoms with Gasteiger partial charge >= 0.3 is 0 Å². The number of hydrogen-bond acceptors (Lipinski definition) is 2. The maximum atomic E-state index is 12.6. The SMILES string of the molecule is CC1CN(C(=O)[C@H]2Cc3ccccc3CN2)CC1C. The lowest BCUT2D eigenvalue weighted by Crippen LogP contribution is -2.48. The molecule has 2 heterocycles. The Morgan fingerprint density at radius 2 is 1.79 bits per heavy atom. The average Bonchev–Trinajstić information content (AvgIpc) is 2.77. The maximum absolute atomic E-state index is 12.6. The molecule has 19 heavy (non-hydrogen) atoms. The summed E-state index contributed by atoms with van der Waals surface area (Å²) >= 11 is 0. The van der Waals surface area contributed by atoms with Gasteiger partial charge in [-0.25, -0.2) is 0 Å². The van der Waals surface area contributed by atoms with Crippen LogP contribution in [0.1, 0.15) is 25.0 Å². The predicted octanol–water partition coefficient (Wildman–Crippen LogP) is 1.82. The van der Waals surface area contributed by atoms with Crippen LogP contribution in [0.2, 0.25) is 0 Å². The summed E-state index contributed by atoms with van der Waals surface area (Å²) in [5, 5.41) is 3.39. The molecular formula is C16H22N2O. The monoisotopic (exact) mass is 258 g/mol. The van der Waals surface area contributed by atoms with Crippen LogP contribution in [0.4, 0.5) is 0 Å². The number of hydrogen-bond donors (Lipinski definition) is 1. The number of nitrogens with zero attached hydrogens (tertiary/aromatic N) is 1. The molecule has 0 saturated carbocycles. The van der Waals surface area contributed by atoms with Gasteiger partial charge in [0.1, 0.15) is 0 Å². The van der Waals surface area contributed by atoms with E-state index in [9.17, 15) is 4.79 Å². The minimum atomic E-state index is -0.0348. The number of rotatable bonds is 1. The molecule has 1 amide bonds. The number of benzene rings is 1. The smallest absolute Gasteiger partial charge is 0.240 e. The van der Waals surface area contributed by atoms with Crippen molar-refractivity contribution >= 4 is 5.91 Å². The van der Waals surface area contributed by atoms with E-state index in [4.69, 9.17) is 0 Å². The van der Waals surface area contributed by atoms with E-state index in [1.165, 1.54) is 11.1 Å². The standard InChI is InChI=1S/C16H22N2O/c1-11-9-18(10-12(11)2)16(19)15-7-13-5-3-4-6-14(13)8-17-15/h3-6,11-12,15,17H,7-10H2,1-2H3/t11?,12?,15-/m1/s1. The number of carbonyl (C=O) groups excluding carboxylic acids is 1. The molecule has 1 fully saturated rings. The normalized spacial score (nSPS) is 30.2. The first-order chi connectivity index (χ1) is 9.15. The molecule has 2 aliphatic heterocycles. The molecule has 0 radical (unpaired) electrons. The van der Waals surface area contributed by atoms with E-state index in [-0.39, 0.29) is 11.9 Å². The van der Waals surface area contributed by atoms with Crippen LogP contribution in [0.25, 0.3) is 0 Å². The largest absolute Gasteiger partial charge is 0.341 e. The van der Waals surface area contributed by atoms with Gasteiger partial charge in [0.2, 0.25) is 5.91 Å². The van der Waals surface area contributed by atoms with Crippen molar-refractivity contribution in [2.75, 3.05) is 13.1 Å². The first kappa shape index (κ1) is 12.7. The Morgan fingerprint density at radius 1 is 1.16 bits per heavy atom. The lowest BCUT2D eigenvalue weighted by Gasteiger charge is -2.29. The van der Waals surface area contributed by atoms with Crippen LogP contribution in [-0.4, -0.2) is 29.9 Å². The topological polar surface area (TPSA) is 32.3 Å². The van der Waals surface area contributed by atoms with Gasteiger partial charge < -0.3 is 10.2 Å². The molecule has 0 aromatic heterocycles. The second-order valence-electron chi connectivity index (χ2n) is 6.10. The Hall–Kier alpha value is -1.35. The third-order valence-corrected chi connectivity index (χ3v) is 4.68. The van der Waals surface area contributed by atoms with E-state index in [0.29, 0.717) is 11.8 Å². The van der Waals surface area contributed by atoms with Gasteiger partial charge in [-0.1, -0.05) is 38.1 Å². The van der Waals surface area contributed by atoms with Gasteiger partial charge in [0.15, 0.2) is 0 Å². The summed E-state index contributed by atoms with van der Waals surface area (Å²) < 4.78 is 0. The van der Waals surface area contributed by atoms with Gasteiger partial charge in [0, 0.05) is 19.6 Å². The summed E-state index contributed by atoms with van der Waals surface area (Å²) in [7, 11) is 0. The summed E-state index contributed by atoms with van der Waals surface area (Å²) in [6.45, 7) is 7.12. The first-order valence-electron chi connectivity index (χ1n) is 7.24. The van der Waals surface area contributed by atoms with Crippen LogP contribution in [0.15, 0.2) is 24.3 Å². The zero-order valence-corrected chi connectivity index (χ0v) is 11.7. The highest BCUT2D eigenvalue weighted by molar-refractivity contribution is 5.83. The Morgan fingerprint density at radius 3 is 2.47 bits per heavy atom. The van der Waals surface area contributed by atoms with Crippen LogP contribution in [0.5, 0.6) is 0 Å². The average molecular weight is 258 g/mol. The van der Waals surface area contributed by atoms with Crippen molar-refractivity contribution in [1.82, 2.24) is 10.2 Å². The molecule has 102 valence electrons. The molecule has 0 bridgehead atoms. The number of fused-ring (bicyclic) bond motifs is 1. The molecule has 0 aliphatic carbocycles. The van der Waals surface area contributed by atoms with Gasteiger partial charge in [-0.05, 0) is 29.4 Å². The van der Waals surface area contributed by atoms with Crippen molar-refractivity contribution in [3.63, 3.8) is 0 Å². The quantitative estimate of drug-likeness (QED) is 0.833. The Kier molecular flexibility index (Phi) is 3.31. The van der Waals surface area contributed by atoms with Gasteiger partial charge in [-0.15, -0.1) is 0 Å². The number of likely N-dealkylation sites (tertiary alicyclic amines) is 1. The number of nitrogens with one attached hydrogen (secondary N) is 1. The van der Waals surface area contributed by atoms with Gasteiger partial charge in [0.25, 0.3) is 0 Å². The molecule has 2 aliphatic rings. The predicted molar refractivity (Wildman–Crippen MR) is 75.7 cm³/mol. The molecule has 3 nitrogen and oxygen atoms in total. The molecule has 1 N–H and O–H groups in total. The van der Waals surface area contributed by atoms with Crippen LogP contribution in [0, 0.1) is 11.8 Å². The minimum Gasteiger partial charge on any atom is -0.341 e. The molecule has 0 spiro atoms. The van der Waals surface area contributed by atoms with E-state index in [1.54, 1.807) is 0 Å². The van der Waals surface area contributed by atoms with Crippen LogP contribution in [-0.2, 0) is 17.8 Å². The summed E-state index contributed by atoms with van der Waals surface area (Å²) in [4.78, 5) is 14.6. The molecular weight excluding hydrogens is 236 g/mol. The van der Waals surface area contributed by atoms with E-state index >= 15 is 0 Å². The third-order valence-electron chi connectivity index (χ3n) is 4.68. The van der Waals surface area contributed by atoms with Gasteiger partial charge in [-0.2, -0.15) is 0 Å². The van der Waals surface area contributed by atoms with Crippen molar-refractivity contribution in [2.24, 2.45) is 11.8 Å². The first-order valence-corrected chi connectivity index (χ1v) is 7.24. The van der Waals surface area contributed by atoms with Gasteiger partial charge in [0.05, 0.1) is 6.04 Å². The fourth-order valence-electron chi connectivity index (χ4n) is 3.16. The zero-order valence-electron chi connectivity index (χ0n) is 11.7. The number of amides is 1. The highest BCUT2D eigenvalue weighted by Gasteiger charge is 2.34. The van der Waals surface area contributed by atoms with E-state index in [2.05, 4.69) is 43.4 Å². The maximum Gasteiger partial charge on any atom is 0.240 e. The molecule has 3 rings (SSSR count). The van der Waals surface area contributed by atoms with Crippen LogP contribution < -0.4 is 5.32 Å². The fraction of sp³-hybridized carbons (Fsp3) is 0.562. The van der Waals surface area contributed by atoms with Crippen LogP contribution >= 0.6 is 0 Å². The second-order valence-corrected chi connectivity index (χ2v) is 6.10. The third kappa shape index (κ3) is 2.39. The molecule has 3 atom stereocenters. The molecule has 1 saturated heterocycles. The minimum absolute atomic E-state index is 0.0348. The Labute approximate surface area is 115 Å². The summed E-state index contributed by atoms with van der Waals surface area (Å²) in [5.41, 5.74) is 2.65. The van der Waals surface area contributed by atoms with Crippen molar-refractivity contribution in [3.8, 4) is 0 Å². The molecule has 2 unspecified atom stereocenters. The van der Waals surface area contributed by atoms with Crippen LogP contribution in [0.3, 0.4) is 0 Å². The van der Waals surface area contributed by atoms with Crippen molar-refractivity contribution in [2.45, 2.75) is 32.9 Å². The van der Waals surface area contributed by atoms with Gasteiger partial charge in [-0.3, -0.25) is 4.79 Å². The highest BCUT2D eigenvalue weighted by atomic mass is 16.2. The van der Waals surface area contributed by atoms with E-state index in [1.807, 2.05) is 4.90 Å². The highest BCUT2D eigenvalue weighted by Crippen LogP contribution is 2.24. The Balaban J connectivity index is 1.70. The molecule has 3 heteroatoms. The van der Waals surface area contributed by atoms with Crippen molar-refractivity contribution in [3.05, 3.63) is 35.4 Å². The zero-order chi connectivity index (χ0) is 13.4. The van der Waals surface area contributed by atoms with Crippen molar-refractivity contribution < 1.29 is 4.79 Å². The summed E-state index contributed by atoms with van der Waals surface area (Å²) in [5.74, 6) is 1.53. The van der Waals surface area contributed by atoms with E-state index in [0.717, 1.165) is 26.1 Å². The summed E-state index contributed by atoms with van der Waals surface area (Å²) in [6.07, 6.45) is 0.828. The Bertz CT molecular complexity index is 475. The fourth-order valence-corrected chi connectivity index (χ4v) is 3.16. The lowest BCUT2D eigenvalue weighted by atomic mass is 9.95. The second kappa shape index (κ2) is 4.97. The van der Waals surface area contributed by atoms with E-state index < -0.39 is 0 Å².